The number of hydrogen-bond donors (Lipinski definition) is 2. The Labute approximate surface area is 175 Å². The Hall–Kier alpha value is -1.93. The van der Waals surface area contributed by atoms with E-state index in [1.165, 1.54) is 0 Å². The average Bonchev–Trinajstić information content (AvgIpc) is 3.06. The lowest BCUT2D eigenvalue weighted by molar-refractivity contribution is 0.284. The van der Waals surface area contributed by atoms with Gasteiger partial charge in [-0.25, -0.2) is 4.68 Å². The van der Waals surface area contributed by atoms with Gasteiger partial charge in [0.1, 0.15) is 12.9 Å². The number of halogens is 3. The molecule has 0 unspecified atom stereocenters. The summed E-state index contributed by atoms with van der Waals surface area (Å²) < 4.78 is 13.3. The van der Waals surface area contributed by atoms with Gasteiger partial charge in [-0.2, -0.15) is 5.10 Å². The highest BCUT2D eigenvalue weighted by Crippen LogP contribution is 2.37. The summed E-state index contributed by atoms with van der Waals surface area (Å²) in [5.74, 6) is 0.976. The van der Waals surface area contributed by atoms with Gasteiger partial charge in [-0.1, -0.05) is 40.9 Å². The fourth-order valence-electron chi connectivity index (χ4n) is 2.34. The van der Waals surface area contributed by atoms with E-state index in [-0.39, 0.29) is 6.61 Å². The highest BCUT2D eigenvalue weighted by Gasteiger charge is 2.13. The zero-order chi connectivity index (χ0) is 19.4. The SMILES string of the molecule is COc1cc(CNn2cn[nH]c2=S)cc(Cl)c1OCc1ccc(Cl)c(Cl)c1. The van der Waals surface area contributed by atoms with Crippen molar-refractivity contribution in [1.29, 1.82) is 0 Å². The third kappa shape index (κ3) is 4.87. The minimum absolute atomic E-state index is 0.273. The Bertz CT molecular complexity index is 1010. The molecule has 0 amide bonds. The third-order valence-electron chi connectivity index (χ3n) is 3.66. The first-order valence-electron chi connectivity index (χ1n) is 7.77. The smallest absolute Gasteiger partial charge is 0.214 e. The number of methoxy groups -OCH3 is 1. The summed E-state index contributed by atoms with van der Waals surface area (Å²) in [5.41, 5.74) is 4.87. The predicted molar refractivity (Wildman–Crippen MR) is 109 cm³/mol. The van der Waals surface area contributed by atoms with Crippen LogP contribution in [0, 0.1) is 4.77 Å². The van der Waals surface area contributed by atoms with Gasteiger partial charge >= 0.3 is 0 Å². The first-order valence-corrected chi connectivity index (χ1v) is 9.31. The highest BCUT2D eigenvalue weighted by molar-refractivity contribution is 7.71. The van der Waals surface area contributed by atoms with Crippen LogP contribution in [-0.4, -0.2) is 22.0 Å². The number of aromatic amines is 1. The van der Waals surface area contributed by atoms with E-state index in [2.05, 4.69) is 15.6 Å². The Kier molecular flexibility index (Phi) is 6.49. The quantitative estimate of drug-likeness (QED) is 0.487. The second kappa shape index (κ2) is 8.84. The second-order valence-corrected chi connectivity index (χ2v) is 7.12. The van der Waals surface area contributed by atoms with Gasteiger partial charge in [0.15, 0.2) is 11.5 Å². The monoisotopic (exact) mass is 444 g/mol. The molecule has 10 heteroatoms. The molecule has 2 aromatic carbocycles. The number of benzene rings is 2. The van der Waals surface area contributed by atoms with Crippen molar-refractivity contribution >= 4 is 47.0 Å². The van der Waals surface area contributed by atoms with Crippen LogP contribution in [-0.2, 0) is 13.2 Å². The number of aromatic nitrogens is 3. The van der Waals surface area contributed by atoms with Crippen LogP contribution in [0.15, 0.2) is 36.7 Å². The molecule has 0 radical (unpaired) electrons. The van der Waals surface area contributed by atoms with Crippen LogP contribution in [0.2, 0.25) is 15.1 Å². The van der Waals surface area contributed by atoms with Crippen molar-refractivity contribution in [2.24, 2.45) is 0 Å². The molecule has 2 N–H and O–H groups in total. The summed E-state index contributed by atoms with van der Waals surface area (Å²) in [7, 11) is 1.56. The molecule has 0 aliphatic heterocycles. The molecule has 0 atom stereocenters. The molecule has 3 aromatic rings. The van der Waals surface area contributed by atoms with Crippen molar-refractivity contribution in [3.63, 3.8) is 0 Å². The lowest BCUT2D eigenvalue weighted by Gasteiger charge is -2.15. The zero-order valence-corrected chi connectivity index (χ0v) is 17.2. The van der Waals surface area contributed by atoms with Crippen LogP contribution < -0.4 is 14.9 Å². The van der Waals surface area contributed by atoms with Crippen molar-refractivity contribution in [3.05, 3.63) is 67.6 Å². The Balaban J connectivity index is 1.74. The second-order valence-electron chi connectivity index (χ2n) is 5.51. The summed E-state index contributed by atoms with van der Waals surface area (Å²) in [6.07, 6.45) is 1.55. The molecule has 0 spiro atoms. The van der Waals surface area contributed by atoms with Crippen molar-refractivity contribution in [1.82, 2.24) is 14.9 Å². The maximum absolute atomic E-state index is 6.40. The maximum Gasteiger partial charge on any atom is 0.214 e. The molecule has 6 nitrogen and oxygen atoms in total. The molecular formula is C17H15Cl3N4O2S. The molecule has 27 heavy (non-hydrogen) atoms. The van der Waals surface area contributed by atoms with E-state index >= 15 is 0 Å². The molecule has 0 saturated carbocycles. The molecule has 3 rings (SSSR count). The Morgan fingerprint density at radius 3 is 2.56 bits per heavy atom. The minimum atomic E-state index is 0.273. The lowest BCUT2D eigenvalue weighted by Crippen LogP contribution is -2.13. The molecule has 0 aliphatic rings. The van der Waals surface area contributed by atoms with Crippen LogP contribution in [0.3, 0.4) is 0 Å². The first-order chi connectivity index (χ1) is 13.0. The van der Waals surface area contributed by atoms with Crippen LogP contribution in [0.4, 0.5) is 0 Å². The number of nitrogens with zero attached hydrogens (tertiary/aromatic N) is 2. The van der Waals surface area contributed by atoms with Gasteiger partial charge < -0.3 is 14.9 Å². The summed E-state index contributed by atoms with van der Waals surface area (Å²) in [4.78, 5) is 0. The largest absolute Gasteiger partial charge is 0.493 e. The number of nitrogens with one attached hydrogen (secondary N) is 2. The van der Waals surface area contributed by atoms with Crippen LogP contribution in [0.5, 0.6) is 11.5 Å². The number of ether oxygens (including phenoxy) is 2. The molecule has 0 bridgehead atoms. The van der Waals surface area contributed by atoms with Gasteiger partial charge in [0.2, 0.25) is 4.77 Å². The van der Waals surface area contributed by atoms with E-state index in [0.717, 1.165) is 11.1 Å². The highest BCUT2D eigenvalue weighted by atomic mass is 35.5. The molecular weight excluding hydrogens is 431 g/mol. The number of hydrogen-bond acceptors (Lipinski definition) is 5. The van der Waals surface area contributed by atoms with Crippen molar-refractivity contribution in [3.8, 4) is 11.5 Å². The van der Waals surface area contributed by atoms with Gasteiger partial charge in [-0.15, -0.1) is 0 Å². The molecule has 0 saturated heterocycles. The van der Waals surface area contributed by atoms with Crippen molar-refractivity contribution in [2.45, 2.75) is 13.2 Å². The van der Waals surface area contributed by atoms with Gasteiger partial charge in [0.25, 0.3) is 0 Å². The standard InChI is InChI=1S/C17H15Cl3N4O2S/c1-25-15-6-11(7-22-24-9-21-23-17(24)27)5-14(20)16(15)26-8-10-2-3-12(18)13(19)4-10/h2-6,9,22H,7-8H2,1H3,(H,23,27). The summed E-state index contributed by atoms with van der Waals surface area (Å²) in [5, 5.41) is 7.90. The average molecular weight is 446 g/mol. The fraction of sp³-hybridized carbons (Fsp3) is 0.176. The summed E-state index contributed by atoms with van der Waals surface area (Å²) >= 11 is 23.5. The van der Waals surface area contributed by atoms with Crippen LogP contribution in [0.25, 0.3) is 0 Å². The Morgan fingerprint density at radius 2 is 1.89 bits per heavy atom. The molecule has 0 fully saturated rings. The normalized spacial score (nSPS) is 10.7. The number of rotatable bonds is 7. The molecule has 142 valence electrons. The lowest BCUT2D eigenvalue weighted by atomic mass is 10.2. The molecule has 0 aliphatic carbocycles. The van der Waals surface area contributed by atoms with Gasteiger partial charge in [-0.05, 0) is 47.6 Å². The van der Waals surface area contributed by atoms with E-state index in [9.17, 15) is 0 Å². The van der Waals surface area contributed by atoms with E-state index in [4.69, 9.17) is 56.5 Å². The molecule has 1 heterocycles. The van der Waals surface area contributed by atoms with E-state index in [1.807, 2.05) is 12.1 Å². The summed E-state index contributed by atoms with van der Waals surface area (Å²) in [6.45, 7) is 0.742. The Morgan fingerprint density at radius 1 is 1.11 bits per heavy atom. The van der Waals surface area contributed by atoms with Gasteiger partial charge in [0, 0.05) is 0 Å². The van der Waals surface area contributed by atoms with Crippen LogP contribution >= 0.6 is 47.0 Å². The van der Waals surface area contributed by atoms with E-state index in [1.54, 1.807) is 36.3 Å². The fourth-order valence-corrected chi connectivity index (χ4v) is 3.11. The minimum Gasteiger partial charge on any atom is -0.493 e. The summed E-state index contributed by atoms with van der Waals surface area (Å²) in [6, 6.07) is 8.94. The van der Waals surface area contributed by atoms with Gasteiger partial charge in [0.05, 0.1) is 28.7 Å². The van der Waals surface area contributed by atoms with E-state index in [0.29, 0.717) is 37.9 Å². The topological polar surface area (TPSA) is 64.1 Å². The predicted octanol–water partition coefficient (Wildman–Crippen LogP) is 5.23. The van der Waals surface area contributed by atoms with Crippen molar-refractivity contribution < 1.29 is 9.47 Å². The zero-order valence-electron chi connectivity index (χ0n) is 14.1. The number of H-pyrrole nitrogens is 1. The van der Waals surface area contributed by atoms with Crippen LogP contribution in [0.1, 0.15) is 11.1 Å². The molecule has 1 aromatic heterocycles. The van der Waals surface area contributed by atoms with Crippen molar-refractivity contribution in [2.75, 3.05) is 12.5 Å². The van der Waals surface area contributed by atoms with Gasteiger partial charge in [-0.3, -0.25) is 5.10 Å². The first kappa shape index (κ1) is 19.8. The van der Waals surface area contributed by atoms with E-state index < -0.39 is 0 Å². The third-order valence-corrected chi connectivity index (χ3v) is 4.97. The maximum atomic E-state index is 6.40.